The highest BCUT2D eigenvalue weighted by atomic mass is 32.2. The second kappa shape index (κ2) is 5.99. The van der Waals surface area contributed by atoms with Crippen molar-refractivity contribution in [3.63, 3.8) is 0 Å². The number of hydrogen-bond acceptors (Lipinski definition) is 3. The SMILES string of the molecule is CCCC1(CNS(=O)(=O)N2CCCC(C(=O)O)C2)CC1. The van der Waals surface area contributed by atoms with Gasteiger partial charge in [-0.2, -0.15) is 12.7 Å². The quantitative estimate of drug-likeness (QED) is 0.740. The molecule has 2 fully saturated rings. The predicted molar refractivity (Wildman–Crippen MR) is 75.4 cm³/mol. The van der Waals surface area contributed by atoms with E-state index in [4.69, 9.17) is 5.11 Å². The molecule has 0 aromatic rings. The minimum Gasteiger partial charge on any atom is -0.481 e. The molecule has 2 rings (SSSR count). The van der Waals surface area contributed by atoms with Crippen LogP contribution in [0.15, 0.2) is 0 Å². The fourth-order valence-corrected chi connectivity index (χ4v) is 4.34. The smallest absolute Gasteiger partial charge is 0.307 e. The third-order valence-corrected chi connectivity index (χ3v) is 5.96. The lowest BCUT2D eigenvalue weighted by Crippen LogP contribution is -2.48. The maximum absolute atomic E-state index is 12.3. The summed E-state index contributed by atoms with van der Waals surface area (Å²) >= 11 is 0. The van der Waals surface area contributed by atoms with Gasteiger partial charge >= 0.3 is 5.97 Å². The third-order valence-electron chi connectivity index (χ3n) is 4.44. The lowest BCUT2D eigenvalue weighted by Gasteiger charge is -2.30. The van der Waals surface area contributed by atoms with Gasteiger partial charge in [0.1, 0.15) is 0 Å². The fraction of sp³-hybridized carbons (Fsp3) is 0.923. The van der Waals surface area contributed by atoms with Crippen molar-refractivity contribution >= 4 is 16.2 Å². The molecule has 1 saturated heterocycles. The van der Waals surface area contributed by atoms with Crippen LogP contribution >= 0.6 is 0 Å². The Morgan fingerprint density at radius 2 is 2.15 bits per heavy atom. The first kappa shape index (κ1) is 15.7. The molecule has 0 spiro atoms. The average Bonchev–Trinajstić information content (AvgIpc) is 3.18. The highest BCUT2D eigenvalue weighted by Gasteiger charge is 2.43. The van der Waals surface area contributed by atoms with E-state index in [2.05, 4.69) is 11.6 Å². The molecule has 0 radical (unpaired) electrons. The van der Waals surface area contributed by atoms with E-state index in [1.54, 1.807) is 0 Å². The van der Waals surface area contributed by atoms with Gasteiger partial charge in [0.05, 0.1) is 5.92 Å². The number of carboxylic acid groups (broad SMARTS) is 1. The topological polar surface area (TPSA) is 86.7 Å². The summed E-state index contributed by atoms with van der Waals surface area (Å²) < 4.78 is 28.5. The molecule has 20 heavy (non-hydrogen) atoms. The molecule has 1 aliphatic carbocycles. The second-order valence-corrected chi connectivity index (χ2v) is 7.87. The summed E-state index contributed by atoms with van der Waals surface area (Å²) in [7, 11) is -3.54. The molecular weight excluding hydrogens is 280 g/mol. The van der Waals surface area contributed by atoms with E-state index in [-0.39, 0.29) is 12.0 Å². The molecule has 2 N–H and O–H groups in total. The number of hydrogen-bond donors (Lipinski definition) is 2. The van der Waals surface area contributed by atoms with Gasteiger partial charge in [0.15, 0.2) is 0 Å². The molecule has 1 unspecified atom stereocenters. The van der Waals surface area contributed by atoms with E-state index < -0.39 is 22.1 Å². The van der Waals surface area contributed by atoms with Gasteiger partial charge < -0.3 is 5.11 Å². The number of carbonyl (C=O) groups is 1. The maximum Gasteiger partial charge on any atom is 0.307 e. The summed E-state index contributed by atoms with van der Waals surface area (Å²) in [5, 5.41) is 9.02. The zero-order chi connectivity index (χ0) is 14.8. The van der Waals surface area contributed by atoms with Gasteiger partial charge in [0.25, 0.3) is 10.2 Å². The average molecular weight is 304 g/mol. The van der Waals surface area contributed by atoms with Crippen LogP contribution < -0.4 is 4.72 Å². The van der Waals surface area contributed by atoms with Gasteiger partial charge in [-0.15, -0.1) is 0 Å². The number of nitrogens with one attached hydrogen (secondary N) is 1. The van der Waals surface area contributed by atoms with Gasteiger partial charge in [-0.05, 0) is 37.5 Å². The molecule has 1 saturated carbocycles. The minimum absolute atomic E-state index is 0.0887. The molecule has 6 nitrogen and oxygen atoms in total. The Balaban J connectivity index is 1.91. The van der Waals surface area contributed by atoms with Crippen LogP contribution in [0.4, 0.5) is 0 Å². The number of aliphatic carboxylic acids is 1. The van der Waals surface area contributed by atoms with E-state index in [1.807, 2.05) is 0 Å². The van der Waals surface area contributed by atoms with E-state index in [0.29, 0.717) is 25.9 Å². The van der Waals surface area contributed by atoms with Crippen LogP contribution in [0.5, 0.6) is 0 Å². The minimum atomic E-state index is -3.54. The van der Waals surface area contributed by atoms with Crippen molar-refractivity contribution in [2.45, 2.75) is 45.4 Å². The zero-order valence-corrected chi connectivity index (χ0v) is 12.8. The van der Waals surface area contributed by atoms with Crippen molar-refractivity contribution < 1.29 is 18.3 Å². The van der Waals surface area contributed by atoms with Crippen molar-refractivity contribution in [1.29, 1.82) is 0 Å². The fourth-order valence-electron chi connectivity index (χ4n) is 2.92. The molecule has 0 amide bonds. The number of rotatable bonds is 7. The highest BCUT2D eigenvalue weighted by molar-refractivity contribution is 7.87. The van der Waals surface area contributed by atoms with Crippen molar-refractivity contribution in [3.8, 4) is 0 Å². The van der Waals surface area contributed by atoms with Crippen molar-refractivity contribution in [1.82, 2.24) is 9.03 Å². The first-order valence-electron chi connectivity index (χ1n) is 7.36. The van der Waals surface area contributed by atoms with Gasteiger partial charge in [-0.3, -0.25) is 4.79 Å². The van der Waals surface area contributed by atoms with Crippen LogP contribution in [0, 0.1) is 11.3 Å². The Kier molecular flexibility index (Phi) is 4.71. The molecule has 1 heterocycles. The predicted octanol–water partition coefficient (Wildman–Crippen LogP) is 1.20. The van der Waals surface area contributed by atoms with E-state index in [0.717, 1.165) is 25.7 Å². The Morgan fingerprint density at radius 3 is 2.70 bits per heavy atom. The summed E-state index contributed by atoms with van der Waals surface area (Å²) in [4.78, 5) is 11.0. The summed E-state index contributed by atoms with van der Waals surface area (Å²) in [5.74, 6) is -1.49. The summed E-state index contributed by atoms with van der Waals surface area (Å²) in [6.45, 7) is 3.10. The summed E-state index contributed by atoms with van der Waals surface area (Å²) in [6, 6.07) is 0. The van der Waals surface area contributed by atoms with Gasteiger partial charge in [0.2, 0.25) is 0 Å². The molecule has 2 aliphatic rings. The molecule has 1 atom stereocenters. The van der Waals surface area contributed by atoms with Crippen LogP contribution in [0.2, 0.25) is 0 Å². The van der Waals surface area contributed by atoms with E-state index >= 15 is 0 Å². The van der Waals surface area contributed by atoms with E-state index in [9.17, 15) is 13.2 Å². The molecule has 1 aliphatic heterocycles. The van der Waals surface area contributed by atoms with Crippen LogP contribution in [-0.2, 0) is 15.0 Å². The Morgan fingerprint density at radius 1 is 1.45 bits per heavy atom. The lowest BCUT2D eigenvalue weighted by atomic mass is 10.0. The number of carboxylic acids is 1. The van der Waals surface area contributed by atoms with Crippen molar-refractivity contribution in [3.05, 3.63) is 0 Å². The first-order chi connectivity index (χ1) is 9.38. The molecule has 116 valence electrons. The molecular formula is C13H24N2O4S. The standard InChI is InChI=1S/C13H24N2O4S/c1-2-5-13(6-7-13)10-14-20(18,19)15-8-3-4-11(9-15)12(16)17/h11,14H,2-10H2,1H3,(H,16,17). The first-order valence-corrected chi connectivity index (χ1v) is 8.80. The normalized spacial score (nSPS) is 26.4. The highest BCUT2D eigenvalue weighted by Crippen LogP contribution is 2.49. The monoisotopic (exact) mass is 304 g/mol. The van der Waals surface area contributed by atoms with Crippen LogP contribution in [-0.4, -0.2) is 43.4 Å². The second-order valence-electron chi connectivity index (χ2n) is 6.11. The molecule has 0 aromatic heterocycles. The van der Waals surface area contributed by atoms with E-state index in [1.165, 1.54) is 4.31 Å². The van der Waals surface area contributed by atoms with Crippen LogP contribution in [0.1, 0.15) is 45.4 Å². The van der Waals surface area contributed by atoms with Crippen molar-refractivity contribution in [2.75, 3.05) is 19.6 Å². The van der Waals surface area contributed by atoms with Gasteiger partial charge in [0, 0.05) is 19.6 Å². The number of piperidine rings is 1. The van der Waals surface area contributed by atoms with Crippen LogP contribution in [0.25, 0.3) is 0 Å². The molecule has 0 aromatic carbocycles. The molecule has 0 bridgehead atoms. The summed E-state index contributed by atoms with van der Waals surface area (Å²) in [6.07, 6.45) is 5.45. The van der Waals surface area contributed by atoms with Crippen LogP contribution in [0.3, 0.4) is 0 Å². The number of nitrogens with zero attached hydrogens (tertiary/aromatic N) is 1. The Labute approximate surface area is 120 Å². The zero-order valence-electron chi connectivity index (χ0n) is 12.0. The van der Waals surface area contributed by atoms with Gasteiger partial charge in [-0.25, -0.2) is 4.72 Å². The van der Waals surface area contributed by atoms with Gasteiger partial charge in [-0.1, -0.05) is 13.3 Å². The van der Waals surface area contributed by atoms with Crippen molar-refractivity contribution in [2.24, 2.45) is 11.3 Å². The lowest BCUT2D eigenvalue weighted by molar-refractivity contribution is -0.142. The summed E-state index contributed by atoms with van der Waals surface area (Å²) in [5.41, 5.74) is 0.157. The largest absolute Gasteiger partial charge is 0.481 e. The molecule has 7 heteroatoms. The Bertz CT molecular complexity index is 459. The Hall–Kier alpha value is -0.660. The third kappa shape index (κ3) is 3.71. The maximum atomic E-state index is 12.3.